The van der Waals surface area contributed by atoms with Gasteiger partial charge in [-0.1, -0.05) is 69.7 Å². The molecule has 2 aromatic rings. The Kier molecular flexibility index (Phi) is 9.71. The van der Waals surface area contributed by atoms with Crippen molar-refractivity contribution in [2.45, 2.75) is 78.9 Å². The van der Waals surface area contributed by atoms with Gasteiger partial charge in [-0.05, 0) is 55.9 Å². The largest absolute Gasteiger partial charge is 0.352 e. The molecule has 0 aliphatic heterocycles. The average molecular weight is 516 g/mol. The molecule has 0 radical (unpaired) electrons. The van der Waals surface area contributed by atoms with E-state index >= 15 is 0 Å². The van der Waals surface area contributed by atoms with Crippen LogP contribution in [0.25, 0.3) is 0 Å². The van der Waals surface area contributed by atoms with Crippen molar-refractivity contribution in [2.75, 3.05) is 17.1 Å². The molecule has 2 atom stereocenters. The molecule has 2 amide bonds. The summed E-state index contributed by atoms with van der Waals surface area (Å²) < 4.78 is 26.6. The van der Waals surface area contributed by atoms with E-state index in [0.29, 0.717) is 5.69 Å². The van der Waals surface area contributed by atoms with Crippen molar-refractivity contribution in [3.63, 3.8) is 0 Å². The van der Waals surface area contributed by atoms with Crippen molar-refractivity contribution in [1.82, 2.24) is 10.2 Å². The lowest BCUT2D eigenvalue weighted by molar-refractivity contribution is -0.139. The Labute approximate surface area is 216 Å². The number of rotatable bonds is 10. The van der Waals surface area contributed by atoms with Crippen LogP contribution in [0.1, 0.15) is 64.7 Å². The number of hydrogen-bond donors (Lipinski definition) is 1. The van der Waals surface area contributed by atoms with Crippen molar-refractivity contribution >= 4 is 27.5 Å². The SMILES string of the molecule is CC[C@@H](C)NC(=O)[C@H](C)N(Cc1ccc(C)cc1)C(=O)CN(c1ccc(C(C)(C)C)cc1)S(C)(=O)=O. The summed E-state index contributed by atoms with van der Waals surface area (Å²) in [5.41, 5.74) is 3.32. The second-order valence-corrected chi connectivity index (χ2v) is 12.5. The van der Waals surface area contributed by atoms with Crippen LogP contribution in [0.3, 0.4) is 0 Å². The second-order valence-electron chi connectivity index (χ2n) is 10.6. The van der Waals surface area contributed by atoms with Crippen LogP contribution >= 0.6 is 0 Å². The van der Waals surface area contributed by atoms with E-state index < -0.39 is 28.5 Å². The summed E-state index contributed by atoms with van der Waals surface area (Å²) in [6.07, 6.45) is 1.85. The molecule has 0 aliphatic rings. The van der Waals surface area contributed by atoms with E-state index in [1.54, 1.807) is 19.1 Å². The first-order chi connectivity index (χ1) is 16.6. The van der Waals surface area contributed by atoms with Crippen molar-refractivity contribution in [3.8, 4) is 0 Å². The van der Waals surface area contributed by atoms with Crippen LogP contribution in [0.15, 0.2) is 48.5 Å². The fraction of sp³-hybridized carbons (Fsp3) is 0.500. The highest BCUT2D eigenvalue weighted by molar-refractivity contribution is 7.92. The third-order valence-electron chi connectivity index (χ3n) is 6.34. The lowest BCUT2D eigenvalue weighted by atomic mass is 9.87. The van der Waals surface area contributed by atoms with E-state index in [0.717, 1.165) is 33.7 Å². The van der Waals surface area contributed by atoms with Crippen LogP contribution < -0.4 is 9.62 Å². The van der Waals surface area contributed by atoms with E-state index in [4.69, 9.17) is 0 Å². The van der Waals surface area contributed by atoms with Gasteiger partial charge in [0.1, 0.15) is 12.6 Å². The molecule has 1 N–H and O–H groups in total. The molecule has 0 bridgehead atoms. The number of aryl methyl sites for hydroxylation is 1. The molecule has 0 unspecified atom stereocenters. The molecule has 2 aromatic carbocycles. The fourth-order valence-corrected chi connectivity index (χ4v) is 4.53. The molecule has 0 aliphatic carbocycles. The van der Waals surface area contributed by atoms with Crippen molar-refractivity contribution in [1.29, 1.82) is 0 Å². The quantitative estimate of drug-likeness (QED) is 0.508. The summed E-state index contributed by atoms with van der Waals surface area (Å²) in [7, 11) is -3.76. The van der Waals surface area contributed by atoms with Crippen molar-refractivity contribution in [2.24, 2.45) is 0 Å². The second kappa shape index (κ2) is 11.9. The molecule has 8 heteroatoms. The van der Waals surface area contributed by atoms with Gasteiger partial charge in [0.05, 0.1) is 11.9 Å². The van der Waals surface area contributed by atoms with Gasteiger partial charge >= 0.3 is 0 Å². The van der Waals surface area contributed by atoms with Gasteiger partial charge in [-0.15, -0.1) is 0 Å². The molecule has 0 aromatic heterocycles. The van der Waals surface area contributed by atoms with Crippen molar-refractivity contribution in [3.05, 3.63) is 65.2 Å². The van der Waals surface area contributed by atoms with Crippen LogP contribution in [-0.2, 0) is 31.6 Å². The number of carbonyl (C=O) groups excluding carboxylic acids is 2. The topological polar surface area (TPSA) is 86.8 Å². The standard InChI is InChI=1S/C28H41N3O4S/c1-9-21(3)29-27(33)22(4)30(18-23-12-10-20(2)11-13-23)26(32)19-31(36(8,34)35)25-16-14-24(15-17-25)28(5,6)7/h10-17,21-22H,9,18-19H2,1-8H3,(H,29,33)/t21-,22+/m1/s1. The molecular weight excluding hydrogens is 474 g/mol. The molecule has 7 nitrogen and oxygen atoms in total. The third kappa shape index (κ3) is 8.08. The summed E-state index contributed by atoms with van der Waals surface area (Å²) >= 11 is 0. The molecule has 0 heterocycles. The van der Waals surface area contributed by atoms with Gasteiger partial charge in [-0.2, -0.15) is 0 Å². The summed E-state index contributed by atoms with van der Waals surface area (Å²) in [4.78, 5) is 28.0. The molecule has 198 valence electrons. The molecule has 0 saturated carbocycles. The number of hydrogen-bond acceptors (Lipinski definition) is 4. The molecule has 2 rings (SSSR count). The van der Waals surface area contributed by atoms with E-state index in [9.17, 15) is 18.0 Å². The van der Waals surface area contributed by atoms with Gasteiger partial charge in [0, 0.05) is 12.6 Å². The molecular formula is C28H41N3O4S. The Hall–Kier alpha value is -2.87. The zero-order valence-electron chi connectivity index (χ0n) is 22.8. The highest BCUT2D eigenvalue weighted by Gasteiger charge is 2.30. The number of nitrogens with one attached hydrogen (secondary N) is 1. The molecule has 0 saturated heterocycles. The first-order valence-corrected chi connectivity index (χ1v) is 14.2. The van der Waals surface area contributed by atoms with Gasteiger partial charge in [0.15, 0.2) is 0 Å². The normalized spacial score (nSPS) is 13.6. The zero-order chi connectivity index (χ0) is 27.3. The van der Waals surface area contributed by atoms with E-state index in [2.05, 4.69) is 26.1 Å². The van der Waals surface area contributed by atoms with Gasteiger partial charge in [0.25, 0.3) is 0 Å². The van der Waals surface area contributed by atoms with Gasteiger partial charge in [-0.25, -0.2) is 8.42 Å². The van der Waals surface area contributed by atoms with E-state index in [1.165, 1.54) is 4.90 Å². The summed E-state index contributed by atoms with van der Waals surface area (Å²) in [6.45, 7) is 13.5. The first kappa shape index (κ1) is 29.4. The Morgan fingerprint density at radius 1 is 0.972 bits per heavy atom. The zero-order valence-corrected chi connectivity index (χ0v) is 23.6. The smallest absolute Gasteiger partial charge is 0.244 e. The molecule has 36 heavy (non-hydrogen) atoms. The Balaban J connectivity index is 2.39. The van der Waals surface area contributed by atoms with Crippen LogP contribution in [0, 0.1) is 6.92 Å². The monoisotopic (exact) mass is 515 g/mol. The van der Waals surface area contributed by atoms with E-state index in [1.807, 2.05) is 57.2 Å². The van der Waals surface area contributed by atoms with Gasteiger partial charge < -0.3 is 10.2 Å². The predicted molar refractivity (Wildman–Crippen MR) is 146 cm³/mol. The summed E-state index contributed by atoms with van der Waals surface area (Å²) in [5, 5.41) is 2.93. The van der Waals surface area contributed by atoms with Crippen LogP contribution in [-0.4, -0.2) is 50.0 Å². The average Bonchev–Trinajstić information content (AvgIpc) is 2.80. The number of benzene rings is 2. The number of nitrogens with zero attached hydrogens (tertiary/aromatic N) is 2. The lowest BCUT2D eigenvalue weighted by Gasteiger charge is -2.32. The fourth-order valence-electron chi connectivity index (χ4n) is 3.68. The van der Waals surface area contributed by atoms with Crippen LogP contribution in [0.5, 0.6) is 0 Å². The predicted octanol–water partition coefficient (Wildman–Crippen LogP) is 4.39. The highest BCUT2D eigenvalue weighted by Crippen LogP contribution is 2.26. The minimum atomic E-state index is -3.76. The maximum Gasteiger partial charge on any atom is 0.244 e. The minimum Gasteiger partial charge on any atom is -0.352 e. The lowest BCUT2D eigenvalue weighted by Crippen LogP contribution is -2.52. The van der Waals surface area contributed by atoms with Crippen molar-refractivity contribution < 1.29 is 18.0 Å². The molecule has 0 spiro atoms. The third-order valence-corrected chi connectivity index (χ3v) is 7.48. The highest BCUT2D eigenvalue weighted by atomic mass is 32.2. The Morgan fingerprint density at radius 2 is 1.53 bits per heavy atom. The maximum absolute atomic E-state index is 13.6. The maximum atomic E-state index is 13.6. The van der Waals surface area contributed by atoms with Crippen LogP contribution in [0.2, 0.25) is 0 Å². The summed E-state index contributed by atoms with van der Waals surface area (Å²) in [5.74, 6) is -0.724. The number of sulfonamides is 1. The van der Waals surface area contributed by atoms with Gasteiger partial charge in [-0.3, -0.25) is 13.9 Å². The molecule has 0 fully saturated rings. The summed E-state index contributed by atoms with van der Waals surface area (Å²) in [6, 6.07) is 14.1. The Morgan fingerprint density at radius 3 is 2.00 bits per heavy atom. The van der Waals surface area contributed by atoms with E-state index in [-0.39, 0.29) is 23.9 Å². The van der Waals surface area contributed by atoms with Gasteiger partial charge in [0.2, 0.25) is 21.8 Å². The number of amides is 2. The minimum absolute atomic E-state index is 0.0369. The Bertz CT molecular complexity index is 1140. The number of anilines is 1. The first-order valence-electron chi connectivity index (χ1n) is 12.4. The van der Waals surface area contributed by atoms with Crippen LogP contribution in [0.4, 0.5) is 5.69 Å². The number of carbonyl (C=O) groups is 2.